The Hall–Kier alpha value is -2.15. The summed E-state index contributed by atoms with van der Waals surface area (Å²) in [5, 5.41) is 22.3. The maximum absolute atomic E-state index is 12.2. The lowest BCUT2D eigenvalue weighted by atomic mass is 10.1. The van der Waals surface area contributed by atoms with Crippen molar-refractivity contribution in [1.82, 2.24) is 5.32 Å². The summed E-state index contributed by atoms with van der Waals surface area (Å²) in [5.41, 5.74) is -0.634. The third kappa shape index (κ3) is 3.69. The second-order valence-corrected chi connectivity index (χ2v) is 5.31. The predicted octanol–water partition coefficient (Wildman–Crippen LogP) is 2.23. The van der Waals surface area contributed by atoms with Crippen LogP contribution < -0.4 is 5.32 Å². The van der Waals surface area contributed by atoms with E-state index in [-0.39, 0.29) is 22.9 Å². The highest BCUT2D eigenvalue weighted by Gasteiger charge is 2.35. The number of carbonyl (C=O) groups is 2. The molecule has 1 aliphatic carbocycles. The van der Waals surface area contributed by atoms with Gasteiger partial charge in [-0.15, -0.1) is 0 Å². The van der Waals surface area contributed by atoms with Gasteiger partial charge in [-0.05, 0) is 24.8 Å². The molecule has 1 amide bonds. The minimum Gasteiger partial charge on any atom is -0.481 e. The van der Waals surface area contributed by atoms with Crippen LogP contribution in [0.2, 0.25) is 5.02 Å². The monoisotopic (exact) mass is 312 g/mol. The Morgan fingerprint density at radius 3 is 2.67 bits per heavy atom. The van der Waals surface area contributed by atoms with E-state index in [0.29, 0.717) is 0 Å². The maximum Gasteiger partial charge on any atom is 0.305 e. The van der Waals surface area contributed by atoms with Crippen molar-refractivity contribution >= 4 is 29.2 Å². The van der Waals surface area contributed by atoms with Crippen LogP contribution in [0.15, 0.2) is 18.2 Å². The van der Waals surface area contributed by atoms with E-state index in [0.717, 1.165) is 12.8 Å². The lowest BCUT2D eigenvalue weighted by molar-refractivity contribution is -0.385. The fourth-order valence-electron chi connectivity index (χ4n) is 2.15. The first kappa shape index (κ1) is 15.2. The summed E-state index contributed by atoms with van der Waals surface area (Å²) in [5.74, 6) is -1.64. The van der Waals surface area contributed by atoms with Gasteiger partial charge in [0, 0.05) is 12.1 Å². The number of nitrogens with one attached hydrogen (secondary N) is 1. The number of hydrogen-bond donors (Lipinski definition) is 2. The lowest BCUT2D eigenvalue weighted by Crippen LogP contribution is -2.38. The fraction of sp³-hybridized carbons (Fsp3) is 0.385. The van der Waals surface area contributed by atoms with Crippen LogP contribution in [-0.2, 0) is 4.79 Å². The van der Waals surface area contributed by atoms with Gasteiger partial charge in [0.1, 0.15) is 5.56 Å². The Kier molecular flexibility index (Phi) is 4.42. The molecule has 112 valence electrons. The van der Waals surface area contributed by atoms with Gasteiger partial charge in [0.15, 0.2) is 0 Å². The summed E-state index contributed by atoms with van der Waals surface area (Å²) >= 11 is 5.87. The Morgan fingerprint density at radius 1 is 1.48 bits per heavy atom. The van der Waals surface area contributed by atoms with Crippen LogP contribution in [-0.4, -0.2) is 27.9 Å². The molecule has 2 rings (SSSR count). The van der Waals surface area contributed by atoms with Crippen LogP contribution in [0.5, 0.6) is 0 Å². The van der Waals surface area contributed by atoms with E-state index in [9.17, 15) is 19.7 Å². The number of amides is 1. The molecular formula is C13H13ClN2O5. The Bertz CT molecular complexity index is 600. The first-order valence-corrected chi connectivity index (χ1v) is 6.73. The second kappa shape index (κ2) is 6.09. The zero-order chi connectivity index (χ0) is 15.6. The van der Waals surface area contributed by atoms with Crippen LogP contribution in [0.3, 0.4) is 0 Å². The Morgan fingerprint density at radius 2 is 2.14 bits per heavy atom. The van der Waals surface area contributed by atoms with E-state index in [1.165, 1.54) is 18.2 Å². The molecule has 1 saturated carbocycles. The molecule has 1 aliphatic rings. The molecule has 0 heterocycles. The first-order valence-electron chi connectivity index (χ1n) is 6.35. The summed E-state index contributed by atoms with van der Waals surface area (Å²) in [6.07, 6.45) is 1.46. The minimum atomic E-state index is -1.03. The van der Waals surface area contributed by atoms with E-state index >= 15 is 0 Å². The average molecular weight is 313 g/mol. The SMILES string of the molecule is O=C(O)CC(NC(=O)c1c(Cl)cccc1[N+](=O)[O-])C1CC1. The van der Waals surface area contributed by atoms with Crippen molar-refractivity contribution in [1.29, 1.82) is 0 Å². The van der Waals surface area contributed by atoms with Crippen LogP contribution in [0.25, 0.3) is 0 Å². The predicted molar refractivity (Wildman–Crippen MR) is 74.3 cm³/mol. The molecule has 0 aliphatic heterocycles. The number of nitro groups is 1. The van der Waals surface area contributed by atoms with Gasteiger partial charge >= 0.3 is 5.97 Å². The fourth-order valence-corrected chi connectivity index (χ4v) is 2.41. The van der Waals surface area contributed by atoms with E-state index in [2.05, 4.69) is 5.32 Å². The molecule has 1 unspecified atom stereocenters. The number of rotatable bonds is 6. The number of nitrogens with zero attached hydrogens (tertiary/aromatic N) is 1. The van der Waals surface area contributed by atoms with Crippen molar-refractivity contribution in [2.24, 2.45) is 5.92 Å². The van der Waals surface area contributed by atoms with Crippen LogP contribution in [0.4, 0.5) is 5.69 Å². The molecule has 0 aromatic heterocycles. The Labute approximate surface area is 125 Å². The van der Waals surface area contributed by atoms with Crippen molar-refractivity contribution < 1.29 is 19.6 Å². The quantitative estimate of drug-likeness (QED) is 0.618. The molecular weight excluding hydrogens is 300 g/mol. The normalized spacial score (nSPS) is 15.3. The van der Waals surface area contributed by atoms with Crippen molar-refractivity contribution in [3.8, 4) is 0 Å². The van der Waals surface area contributed by atoms with E-state index in [1.807, 2.05) is 0 Å². The number of halogens is 1. The van der Waals surface area contributed by atoms with Gasteiger partial charge in [-0.3, -0.25) is 19.7 Å². The summed E-state index contributed by atoms with van der Waals surface area (Å²) in [6.45, 7) is 0. The number of aliphatic carboxylic acids is 1. The minimum absolute atomic E-state index is 0.0356. The van der Waals surface area contributed by atoms with Gasteiger partial charge in [0.25, 0.3) is 11.6 Å². The maximum atomic E-state index is 12.2. The van der Waals surface area contributed by atoms with Gasteiger partial charge in [-0.25, -0.2) is 0 Å². The molecule has 0 bridgehead atoms. The number of benzene rings is 1. The topological polar surface area (TPSA) is 110 Å². The molecule has 1 fully saturated rings. The van der Waals surface area contributed by atoms with Gasteiger partial charge in [0.2, 0.25) is 0 Å². The van der Waals surface area contributed by atoms with Crippen molar-refractivity contribution in [3.63, 3.8) is 0 Å². The molecule has 0 radical (unpaired) electrons. The standard InChI is InChI=1S/C13H13ClN2O5/c14-8-2-1-3-10(16(20)21)12(8)13(19)15-9(6-11(17)18)7-4-5-7/h1-3,7,9H,4-6H2,(H,15,19)(H,17,18). The van der Waals surface area contributed by atoms with Gasteiger partial charge in [-0.1, -0.05) is 17.7 Å². The van der Waals surface area contributed by atoms with Crippen molar-refractivity contribution in [2.45, 2.75) is 25.3 Å². The molecule has 2 N–H and O–H groups in total. The van der Waals surface area contributed by atoms with Gasteiger partial charge in [0.05, 0.1) is 16.4 Å². The third-order valence-electron chi connectivity index (χ3n) is 3.32. The van der Waals surface area contributed by atoms with E-state index in [4.69, 9.17) is 16.7 Å². The van der Waals surface area contributed by atoms with Crippen molar-refractivity contribution in [3.05, 3.63) is 38.9 Å². The molecule has 1 aromatic rings. The highest BCUT2D eigenvalue weighted by atomic mass is 35.5. The number of carboxylic acid groups (broad SMARTS) is 1. The lowest BCUT2D eigenvalue weighted by Gasteiger charge is -2.16. The molecule has 21 heavy (non-hydrogen) atoms. The highest BCUT2D eigenvalue weighted by Crippen LogP contribution is 2.35. The molecule has 0 saturated heterocycles. The summed E-state index contributed by atoms with van der Waals surface area (Å²) in [4.78, 5) is 33.3. The van der Waals surface area contributed by atoms with Gasteiger partial charge < -0.3 is 10.4 Å². The number of carbonyl (C=O) groups excluding carboxylic acids is 1. The number of hydrogen-bond acceptors (Lipinski definition) is 4. The zero-order valence-corrected chi connectivity index (χ0v) is 11.7. The Balaban J connectivity index is 2.23. The number of carboxylic acids is 1. The van der Waals surface area contributed by atoms with Crippen LogP contribution in [0, 0.1) is 16.0 Å². The zero-order valence-electron chi connectivity index (χ0n) is 10.9. The second-order valence-electron chi connectivity index (χ2n) is 4.91. The van der Waals surface area contributed by atoms with E-state index < -0.39 is 28.5 Å². The molecule has 1 atom stereocenters. The smallest absolute Gasteiger partial charge is 0.305 e. The summed E-state index contributed by atoms with van der Waals surface area (Å²) in [7, 11) is 0. The van der Waals surface area contributed by atoms with Crippen LogP contribution >= 0.6 is 11.6 Å². The molecule has 1 aromatic carbocycles. The largest absolute Gasteiger partial charge is 0.481 e. The highest BCUT2D eigenvalue weighted by molar-refractivity contribution is 6.34. The molecule has 8 heteroatoms. The molecule has 0 spiro atoms. The van der Waals surface area contributed by atoms with Crippen LogP contribution in [0.1, 0.15) is 29.6 Å². The summed E-state index contributed by atoms with van der Waals surface area (Å²) < 4.78 is 0. The summed E-state index contributed by atoms with van der Waals surface area (Å²) in [6, 6.07) is 3.41. The third-order valence-corrected chi connectivity index (χ3v) is 3.63. The molecule has 7 nitrogen and oxygen atoms in total. The van der Waals surface area contributed by atoms with E-state index in [1.54, 1.807) is 0 Å². The van der Waals surface area contributed by atoms with Gasteiger partial charge in [-0.2, -0.15) is 0 Å². The first-order chi connectivity index (χ1) is 9.90. The average Bonchev–Trinajstić information content (AvgIpc) is 3.20. The number of nitro benzene ring substituents is 1. The van der Waals surface area contributed by atoms with Crippen molar-refractivity contribution in [2.75, 3.05) is 0 Å².